The molecule has 1 atom stereocenters. The molecule has 1 unspecified atom stereocenters. The molecule has 0 amide bonds. The van der Waals surface area contributed by atoms with E-state index in [1.54, 1.807) is 6.07 Å². The fraction of sp³-hybridized carbons (Fsp3) is 0.571. The molecular formula is C14H21F2N. The van der Waals surface area contributed by atoms with E-state index in [1.165, 1.54) is 12.1 Å². The molecule has 0 aliphatic carbocycles. The van der Waals surface area contributed by atoms with Crippen LogP contribution < -0.4 is 5.32 Å². The molecular weight excluding hydrogens is 220 g/mol. The monoisotopic (exact) mass is 241 g/mol. The Kier molecular flexibility index (Phi) is 4.63. The molecule has 0 heterocycles. The summed E-state index contributed by atoms with van der Waals surface area (Å²) in [4.78, 5) is 0. The van der Waals surface area contributed by atoms with Gasteiger partial charge in [0.05, 0.1) is 0 Å². The first-order chi connectivity index (χ1) is 7.83. The highest BCUT2D eigenvalue weighted by molar-refractivity contribution is 5.21. The lowest BCUT2D eigenvalue weighted by atomic mass is 9.87. The number of halogens is 2. The first-order valence-corrected chi connectivity index (χ1v) is 5.96. The van der Waals surface area contributed by atoms with E-state index in [-0.39, 0.29) is 11.5 Å². The van der Waals surface area contributed by atoms with Crippen LogP contribution in [0.3, 0.4) is 0 Å². The van der Waals surface area contributed by atoms with Gasteiger partial charge in [-0.3, -0.25) is 0 Å². The Morgan fingerprint density at radius 1 is 1.18 bits per heavy atom. The summed E-state index contributed by atoms with van der Waals surface area (Å²) in [5.74, 6) is -1.57. The predicted octanol–water partition coefficient (Wildman–Crippen LogP) is 4.05. The summed E-state index contributed by atoms with van der Waals surface area (Å²) in [6.07, 6.45) is 1.93. The quantitative estimate of drug-likeness (QED) is 0.838. The molecule has 1 nitrogen and oxygen atoms in total. The minimum atomic E-state index is -0.792. The summed E-state index contributed by atoms with van der Waals surface area (Å²) in [6, 6.07) is 4.18. The summed E-state index contributed by atoms with van der Waals surface area (Å²) in [5, 5.41) is 3.15. The van der Waals surface area contributed by atoms with Crippen LogP contribution in [0, 0.1) is 17.0 Å². The number of benzene rings is 1. The third-order valence-corrected chi connectivity index (χ3v) is 2.88. The van der Waals surface area contributed by atoms with Crippen LogP contribution in [0.4, 0.5) is 8.78 Å². The molecule has 0 aliphatic heterocycles. The van der Waals surface area contributed by atoms with Gasteiger partial charge in [-0.2, -0.15) is 0 Å². The molecule has 96 valence electrons. The van der Waals surface area contributed by atoms with Gasteiger partial charge in [0.15, 0.2) is 11.6 Å². The summed E-state index contributed by atoms with van der Waals surface area (Å²) < 4.78 is 26.0. The van der Waals surface area contributed by atoms with Gasteiger partial charge in [0.25, 0.3) is 0 Å². The first kappa shape index (κ1) is 14.1. The van der Waals surface area contributed by atoms with E-state index in [2.05, 4.69) is 26.1 Å². The highest BCUT2D eigenvalue weighted by atomic mass is 19.2. The zero-order valence-electron chi connectivity index (χ0n) is 11.0. The van der Waals surface area contributed by atoms with Crippen molar-refractivity contribution < 1.29 is 8.78 Å². The minimum absolute atomic E-state index is 0.0734. The minimum Gasteiger partial charge on any atom is -0.313 e. The number of nitrogens with one attached hydrogen (secondary N) is 1. The van der Waals surface area contributed by atoms with Crippen LogP contribution in [0.15, 0.2) is 18.2 Å². The average molecular weight is 241 g/mol. The standard InChI is InChI=1S/C14H21F2N/c1-14(2,3)8-7-13(17-4)10-5-6-11(15)12(16)9-10/h5-6,9,13,17H,7-8H2,1-4H3. The van der Waals surface area contributed by atoms with Gasteiger partial charge < -0.3 is 5.32 Å². The molecule has 0 radical (unpaired) electrons. The van der Waals surface area contributed by atoms with Crippen LogP contribution in [-0.2, 0) is 0 Å². The van der Waals surface area contributed by atoms with Crippen LogP contribution in [0.2, 0.25) is 0 Å². The SMILES string of the molecule is CNC(CCC(C)(C)C)c1ccc(F)c(F)c1. The van der Waals surface area contributed by atoms with Gasteiger partial charge in [0.1, 0.15) is 0 Å². The van der Waals surface area contributed by atoms with Crippen LogP contribution in [0.1, 0.15) is 45.2 Å². The molecule has 0 bridgehead atoms. The molecule has 1 aromatic carbocycles. The first-order valence-electron chi connectivity index (χ1n) is 5.96. The Bertz CT molecular complexity index is 369. The second-order valence-electron chi connectivity index (χ2n) is 5.61. The summed E-state index contributed by atoms with van der Waals surface area (Å²) >= 11 is 0. The van der Waals surface area contributed by atoms with Crippen molar-refractivity contribution in [2.75, 3.05) is 7.05 Å². The molecule has 0 aromatic heterocycles. The maximum Gasteiger partial charge on any atom is 0.159 e. The summed E-state index contributed by atoms with van der Waals surface area (Å²) in [6.45, 7) is 6.51. The van der Waals surface area contributed by atoms with Crippen molar-refractivity contribution in [1.29, 1.82) is 0 Å². The average Bonchev–Trinajstić information content (AvgIpc) is 2.22. The maximum absolute atomic E-state index is 13.1. The lowest BCUT2D eigenvalue weighted by Gasteiger charge is -2.23. The van der Waals surface area contributed by atoms with Gasteiger partial charge >= 0.3 is 0 Å². The van der Waals surface area contributed by atoms with E-state index in [0.29, 0.717) is 0 Å². The normalized spacial score (nSPS) is 13.8. The van der Waals surface area contributed by atoms with E-state index in [4.69, 9.17) is 0 Å². The van der Waals surface area contributed by atoms with Crippen molar-refractivity contribution in [3.63, 3.8) is 0 Å². The van der Waals surface area contributed by atoms with Crippen LogP contribution >= 0.6 is 0 Å². The predicted molar refractivity (Wildman–Crippen MR) is 66.8 cm³/mol. The van der Waals surface area contributed by atoms with Crippen molar-refractivity contribution >= 4 is 0 Å². The van der Waals surface area contributed by atoms with E-state index >= 15 is 0 Å². The second-order valence-corrected chi connectivity index (χ2v) is 5.61. The third kappa shape index (κ3) is 4.43. The zero-order chi connectivity index (χ0) is 13.1. The Morgan fingerprint density at radius 2 is 1.82 bits per heavy atom. The molecule has 0 saturated carbocycles. The van der Waals surface area contributed by atoms with Gasteiger partial charge in [0.2, 0.25) is 0 Å². The van der Waals surface area contributed by atoms with Gasteiger partial charge in [-0.25, -0.2) is 8.78 Å². The Labute approximate surface area is 102 Å². The molecule has 17 heavy (non-hydrogen) atoms. The third-order valence-electron chi connectivity index (χ3n) is 2.88. The fourth-order valence-electron chi connectivity index (χ4n) is 1.78. The Morgan fingerprint density at radius 3 is 2.29 bits per heavy atom. The van der Waals surface area contributed by atoms with Gasteiger partial charge in [-0.15, -0.1) is 0 Å². The van der Waals surface area contributed by atoms with Gasteiger partial charge in [-0.05, 0) is 43.0 Å². The molecule has 0 saturated heterocycles. The lowest BCUT2D eigenvalue weighted by molar-refractivity contribution is 0.337. The fourth-order valence-corrected chi connectivity index (χ4v) is 1.78. The van der Waals surface area contributed by atoms with E-state index in [9.17, 15) is 8.78 Å². The summed E-state index contributed by atoms with van der Waals surface area (Å²) in [5.41, 5.74) is 1.05. The van der Waals surface area contributed by atoms with Crippen LogP contribution in [0.5, 0.6) is 0 Å². The van der Waals surface area contributed by atoms with Crippen molar-refractivity contribution in [3.05, 3.63) is 35.4 Å². The molecule has 0 aliphatic rings. The largest absolute Gasteiger partial charge is 0.313 e. The Hall–Kier alpha value is -0.960. The van der Waals surface area contributed by atoms with E-state index in [0.717, 1.165) is 18.4 Å². The van der Waals surface area contributed by atoms with Crippen molar-refractivity contribution in [2.45, 2.75) is 39.7 Å². The molecule has 1 N–H and O–H groups in total. The van der Waals surface area contributed by atoms with Crippen molar-refractivity contribution in [2.24, 2.45) is 5.41 Å². The van der Waals surface area contributed by atoms with E-state index < -0.39 is 11.6 Å². The van der Waals surface area contributed by atoms with Crippen molar-refractivity contribution in [1.82, 2.24) is 5.32 Å². The molecule has 3 heteroatoms. The van der Waals surface area contributed by atoms with Crippen LogP contribution in [-0.4, -0.2) is 7.05 Å². The highest BCUT2D eigenvalue weighted by Gasteiger charge is 2.16. The van der Waals surface area contributed by atoms with E-state index in [1.807, 2.05) is 7.05 Å². The molecule has 1 rings (SSSR count). The smallest absolute Gasteiger partial charge is 0.159 e. The summed E-state index contributed by atoms with van der Waals surface area (Å²) in [7, 11) is 1.84. The van der Waals surface area contributed by atoms with Crippen LogP contribution in [0.25, 0.3) is 0 Å². The lowest BCUT2D eigenvalue weighted by Crippen LogP contribution is -2.19. The molecule has 0 spiro atoms. The van der Waals surface area contributed by atoms with Gasteiger partial charge in [-0.1, -0.05) is 26.8 Å². The second kappa shape index (κ2) is 5.58. The molecule has 1 aromatic rings. The zero-order valence-corrected chi connectivity index (χ0v) is 11.0. The topological polar surface area (TPSA) is 12.0 Å². The number of rotatable bonds is 4. The number of hydrogen-bond acceptors (Lipinski definition) is 1. The Balaban J connectivity index is 2.76. The molecule has 0 fully saturated rings. The van der Waals surface area contributed by atoms with Gasteiger partial charge in [0, 0.05) is 6.04 Å². The maximum atomic E-state index is 13.1. The number of hydrogen-bond donors (Lipinski definition) is 1. The van der Waals surface area contributed by atoms with Crippen molar-refractivity contribution in [3.8, 4) is 0 Å². The highest BCUT2D eigenvalue weighted by Crippen LogP contribution is 2.27.